The standard InChI is InChI=1S/C37H30F6N4O2.2BF4.2HI/c38-36(39,40)48-34-6-2-32(3-7-34)46-24-14-30(15-25-46)28-10-20-44(21-11-28)18-1-19-45-22-12-29(13-23-45)31-16-26-47(27-17-31)33-4-8-35(9-5-33)49-37(41,42)43;2*2-1(3,4)5;;/h2-17,20-27H,1,18-19H2;;;2*1H/q+4;2*-1;;/p-2. The average molecular weight is 1100 g/mol. The van der Waals surface area contributed by atoms with E-state index in [9.17, 15) is 60.9 Å². The second kappa shape index (κ2) is 22.9. The van der Waals surface area contributed by atoms with Crippen molar-refractivity contribution in [1.29, 1.82) is 0 Å². The van der Waals surface area contributed by atoms with Crippen LogP contribution in [0.5, 0.6) is 11.5 Å². The molecule has 24 heteroatoms. The SMILES string of the molecule is FC(F)(F)Oc1ccc(-[n+]2ccc(-c3cc[n+](CCC[n+]4ccc(-c5cc[n+](-c6ccc(OC(F)(F)F)cc6)cc5)cc4)cc3)cc2)cc1.F[B-](F)(F)F.F[B-](F)(F)F.[I-].[I-]. The highest BCUT2D eigenvalue weighted by Gasteiger charge is 2.32. The fraction of sp³-hybridized carbons (Fsp3) is 0.135. The lowest BCUT2D eigenvalue weighted by Gasteiger charge is -2.08. The van der Waals surface area contributed by atoms with Gasteiger partial charge in [-0.15, -0.1) is 26.3 Å². The molecule has 0 saturated carbocycles. The van der Waals surface area contributed by atoms with Crippen LogP contribution in [0.2, 0.25) is 0 Å². The summed E-state index contributed by atoms with van der Waals surface area (Å²) in [6.07, 6.45) is 7.05. The van der Waals surface area contributed by atoms with Crippen LogP contribution in [0.4, 0.5) is 60.9 Å². The second-order valence-electron chi connectivity index (χ2n) is 12.1. The summed E-state index contributed by atoms with van der Waals surface area (Å²) in [7, 11) is -12.0. The van der Waals surface area contributed by atoms with E-state index in [4.69, 9.17) is 0 Å². The maximum atomic E-state index is 12.4. The Morgan fingerprint density at radius 3 is 0.836 bits per heavy atom. The molecule has 0 radical (unpaired) electrons. The lowest BCUT2D eigenvalue weighted by molar-refractivity contribution is -0.726. The largest absolute Gasteiger partial charge is 1.00 e. The van der Waals surface area contributed by atoms with E-state index in [2.05, 4.69) is 18.6 Å². The Bertz CT molecular complexity index is 2030. The molecule has 0 spiro atoms. The Kier molecular flexibility index (Phi) is 19.7. The second-order valence-corrected chi connectivity index (χ2v) is 12.1. The first-order chi connectivity index (χ1) is 27.5. The van der Waals surface area contributed by atoms with Crippen molar-refractivity contribution in [2.24, 2.45) is 0 Å². The number of aryl methyl sites for hydroxylation is 2. The van der Waals surface area contributed by atoms with Crippen molar-refractivity contribution in [3.8, 4) is 45.1 Å². The molecular formula is C37H30B2F14I2N4O2. The summed E-state index contributed by atoms with van der Waals surface area (Å²) in [5.74, 6) is -0.530. The van der Waals surface area contributed by atoms with E-state index in [1.165, 1.54) is 24.3 Å². The van der Waals surface area contributed by atoms with Crippen LogP contribution in [0.25, 0.3) is 33.6 Å². The number of alkyl halides is 6. The highest BCUT2D eigenvalue weighted by molar-refractivity contribution is 6.50. The van der Waals surface area contributed by atoms with Crippen molar-refractivity contribution in [1.82, 2.24) is 0 Å². The Labute approximate surface area is 373 Å². The molecular weight excluding hydrogens is 1070 g/mol. The number of ether oxygens (including phenoxy) is 2. The summed E-state index contributed by atoms with van der Waals surface area (Å²) in [5.41, 5.74) is 5.53. The van der Waals surface area contributed by atoms with Crippen molar-refractivity contribution in [3.63, 3.8) is 0 Å². The molecule has 0 aliphatic rings. The van der Waals surface area contributed by atoms with Crippen molar-refractivity contribution < 1.29 is 137 Å². The molecule has 0 saturated heterocycles. The summed E-state index contributed by atoms with van der Waals surface area (Å²) in [4.78, 5) is 0. The topological polar surface area (TPSA) is 34.0 Å². The zero-order valence-electron chi connectivity index (χ0n) is 30.8. The Hall–Kier alpha value is -4.75. The number of nitrogens with zero attached hydrogens (tertiary/aromatic N) is 4. The van der Waals surface area contributed by atoms with E-state index in [0.29, 0.717) is 11.4 Å². The molecule has 6 aromatic rings. The van der Waals surface area contributed by atoms with E-state index in [0.717, 1.165) is 41.8 Å². The number of aromatic nitrogens is 4. The van der Waals surface area contributed by atoms with E-state index in [1.54, 1.807) is 24.3 Å². The smallest absolute Gasteiger partial charge is 0.673 e. The predicted octanol–water partition coefficient (Wildman–Crippen LogP) is 3.64. The molecule has 0 aliphatic heterocycles. The Morgan fingerprint density at radius 2 is 0.607 bits per heavy atom. The number of rotatable bonds is 10. The fourth-order valence-corrected chi connectivity index (χ4v) is 5.26. The number of halogens is 16. The third kappa shape index (κ3) is 20.6. The van der Waals surface area contributed by atoms with Gasteiger partial charge in [-0.05, 0) is 46.5 Å². The van der Waals surface area contributed by atoms with Gasteiger partial charge in [-0.2, -0.15) is 9.13 Å². The van der Waals surface area contributed by atoms with Crippen LogP contribution in [-0.4, -0.2) is 27.2 Å². The molecule has 0 amide bonds. The van der Waals surface area contributed by atoms with Crippen molar-refractivity contribution in [2.45, 2.75) is 32.2 Å². The maximum Gasteiger partial charge on any atom is 0.673 e. The maximum absolute atomic E-state index is 12.4. The molecule has 0 atom stereocenters. The molecule has 0 aliphatic carbocycles. The minimum absolute atomic E-state index is 0. The number of hydrogen-bond acceptors (Lipinski definition) is 2. The van der Waals surface area contributed by atoms with Gasteiger partial charge in [-0.1, -0.05) is 0 Å². The van der Waals surface area contributed by atoms with Gasteiger partial charge in [0.15, 0.2) is 62.7 Å². The number of pyridine rings is 4. The van der Waals surface area contributed by atoms with Crippen LogP contribution in [0.15, 0.2) is 147 Å². The summed E-state index contributed by atoms with van der Waals surface area (Å²) in [6.45, 7) is 1.67. The quantitative estimate of drug-likeness (QED) is 0.0911. The molecule has 4 heterocycles. The van der Waals surface area contributed by atoms with Crippen molar-refractivity contribution in [3.05, 3.63) is 147 Å². The molecule has 0 N–H and O–H groups in total. The highest BCUT2D eigenvalue weighted by Crippen LogP contribution is 2.25. The molecule has 0 fully saturated rings. The van der Waals surface area contributed by atoms with Crippen LogP contribution in [0.3, 0.4) is 0 Å². The van der Waals surface area contributed by atoms with Gasteiger partial charge in [-0.3, -0.25) is 0 Å². The van der Waals surface area contributed by atoms with Gasteiger partial charge >= 0.3 is 27.2 Å². The summed E-state index contributed by atoms with van der Waals surface area (Å²) < 4.78 is 168. The van der Waals surface area contributed by atoms with E-state index >= 15 is 0 Å². The molecule has 328 valence electrons. The first-order valence-corrected chi connectivity index (χ1v) is 17.0. The molecule has 0 unspecified atom stereocenters. The van der Waals surface area contributed by atoms with Gasteiger partial charge in [0, 0.05) is 72.8 Å². The van der Waals surface area contributed by atoms with Crippen LogP contribution >= 0.6 is 0 Å². The van der Waals surface area contributed by atoms with Gasteiger partial charge in [0.05, 0.1) is 6.42 Å². The van der Waals surface area contributed by atoms with Gasteiger partial charge in [0.1, 0.15) is 11.5 Å². The molecule has 0 bridgehead atoms. The van der Waals surface area contributed by atoms with E-state index in [-0.39, 0.29) is 59.5 Å². The minimum atomic E-state index is -6.00. The van der Waals surface area contributed by atoms with Crippen LogP contribution in [0, 0.1) is 0 Å². The zero-order valence-corrected chi connectivity index (χ0v) is 35.1. The Morgan fingerprint density at radius 1 is 0.377 bits per heavy atom. The van der Waals surface area contributed by atoms with Crippen LogP contribution in [0.1, 0.15) is 6.42 Å². The molecule has 6 nitrogen and oxygen atoms in total. The fourth-order valence-electron chi connectivity index (χ4n) is 5.26. The minimum Gasteiger partial charge on any atom is -1.00 e. The van der Waals surface area contributed by atoms with Crippen LogP contribution in [-0.2, 0) is 13.1 Å². The first kappa shape index (κ1) is 52.4. The summed E-state index contributed by atoms with van der Waals surface area (Å²) in [5, 5.41) is 0. The third-order valence-electron chi connectivity index (χ3n) is 7.68. The van der Waals surface area contributed by atoms with Gasteiger partial charge < -0.3 is 92.0 Å². The highest BCUT2D eigenvalue weighted by atomic mass is 127. The molecule has 6 rings (SSSR count). The van der Waals surface area contributed by atoms with E-state index in [1.807, 2.05) is 107 Å². The van der Waals surface area contributed by atoms with Crippen molar-refractivity contribution in [2.75, 3.05) is 0 Å². The van der Waals surface area contributed by atoms with Crippen LogP contribution < -0.4 is 75.7 Å². The normalized spacial score (nSPS) is 11.4. The lowest BCUT2D eigenvalue weighted by atomic mass is 10.1. The summed E-state index contributed by atoms with van der Waals surface area (Å²) >= 11 is 0. The summed E-state index contributed by atoms with van der Waals surface area (Å²) in [6, 6.07) is 27.4. The molecule has 2 aromatic carbocycles. The molecule has 4 aromatic heterocycles. The van der Waals surface area contributed by atoms with Gasteiger partial charge in [0.2, 0.25) is 11.4 Å². The third-order valence-corrected chi connectivity index (χ3v) is 7.68. The first-order valence-electron chi connectivity index (χ1n) is 17.0. The molecule has 61 heavy (non-hydrogen) atoms. The lowest BCUT2D eigenvalue weighted by Crippen LogP contribution is -3.00. The van der Waals surface area contributed by atoms with Gasteiger partial charge in [0.25, 0.3) is 0 Å². The Balaban J connectivity index is 0.000000960. The van der Waals surface area contributed by atoms with E-state index < -0.39 is 27.2 Å². The number of benzene rings is 2. The van der Waals surface area contributed by atoms with Crippen molar-refractivity contribution >= 4 is 14.5 Å². The monoisotopic (exact) mass is 1100 g/mol. The predicted molar refractivity (Wildman–Crippen MR) is 186 cm³/mol. The number of hydrogen-bond donors (Lipinski definition) is 0. The zero-order chi connectivity index (χ0) is 43.4. The van der Waals surface area contributed by atoms with Gasteiger partial charge in [-0.25, -0.2) is 9.13 Å². The average Bonchev–Trinajstić information content (AvgIpc) is 3.14.